The van der Waals surface area contributed by atoms with Gasteiger partial charge in [0.05, 0.1) is 18.2 Å². The number of ether oxygens (including phenoxy) is 2. The standard InChI is InChI=1S/C22H32F3N5O4/c1-14(28-20(32)34-21(2,3)4)13-33-17-7-10-30(18(17)31)16-5-8-29(9-6-16)19-26-11-15(12-27-19)22(23,24)25/h11-12,14,16-17H,5-10,13H2,1-4H3,(H,28,32)/t14-,17+/m0/s1. The number of carbonyl (C=O) groups is 2. The predicted molar refractivity (Wildman–Crippen MR) is 117 cm³/mol. The van der Waals surface area contributed by atoms with Gasteiger partial charge in [-0.1, -0.05) is 0 Å². The van der Waals surface area contributed by atoms with Crippen LogP contribution in [-0.4, -0.2) is 76.9 Å². The summed E-state index contributed by atoms with van der Waals surface area (Å²) >= 11 is 0. The molecule has 2 saturated heterocycles. The second-order valence-corrected chi connectivity index (χ2v) is 9.68. The average molecular weight is 488 g/mol. The zero-order valence-corrected chi connectivity index (χ0v) is 19.9. The third-order valence-electron chi connectivity index (χ3n) is 5.65. The lowest BCUT2D eigenvalue weighted by Gasteiger charge is -2.36. The van der Waals surface area contributed by atoms with E-state index in [-0.39, 0.29) is 30.5 Å². The third kappa shape index (κ3) is 6.94. The zero-order chi connectivity index (χ0) is 25.1. The van der Waals surface area contributed by atoms with Crippen molar-refractivity contribution in [3.8, 4) is 0 Å². The van der Waals surface area contributed by atoms with Gasteiger partial charge >= 0.3 is 12.3 Å². The van der Waals surface area contributed by atoms with Crippen molar-refractivity contribution >= 4 is 17.9 Å². The van der Waals surface area contributed by atoms with Crippen molar-refractivity contribution in [1.29, 1.82) is 0 Å². The number of rotatable bonds is 6. The molecule has 12 heteroatoms. The minimum atomic E-state index is -4.47. The fourth-order valence-corrected chi connectivity index (χ4v) is 4.01. The molecule has 1 aromatic heterocycles. The van der Waals surface area contributed by atoms with E-state index in [1.807, 2.05) is 9.80 Å². The molecule has 0 saturated carbocycles. The summed E-state index contributed by atoms with van der Waals surface area (Å²) in [5.74, 6) is 0.181. The maximum atomic E-state index is 12.9. The van der Waals surface area contributed by atoms with Crippen molar-refractivity contribution in [3.05, 3.63) is 18.0 Å². The second kappa shape index (κ2) is 10.3. The van der Waals surface area contributed by atoms with E-state index >= 15 is 0 Å². The van der Waals surface area contributed by atoms with Gasteiger partial charge in [-0.15, -0.1) is 0 Å². The van der Waals surface area contributed by atoms with Gasteiger partial charge in [0.2, 0.25) is 5.95 Å². The van der Waals surface area contributed by atoms with Gasteiger partial charge in [-0.25, -0.2) is 14.8 Å². The summed E-state index contributed by atoms with van der Waals surface area (Å²) in [6.45, 7) is 8.97. The number of carbonyl (C=O) groups excluding carboxylic acids is 2. The number of nitrogens with one attached hydrogen (secondary N) is 1. The van der Waals surface area contributed by atoms with Crippen LogP contribution in [0.5, 0.6) is 0 Å². The molecule has 0 aliphatic carbocycles. The number of anilines is 1. The first-order valence-electron chi connectivity index (χ1n) is 11.4. The van der Waals surface area contributed by atoms with Crippen LogP contribution in [0.1, 0.15) is 52.5 Å². The van der Waals surface area contributed by atoms with Crippen molar-refractivity contribution in [1.82, 2.24) is 20.2 Å². The minimum Gasteiger partial charge on any atom is -0.444 e. The van der Waals surface area contributed by atoms with Gasteiger partial charge in [0.1, 0.15) is 11.7 Å². The van der Waals surface area contributed by atoms with Crippen LogP contribution in [0, 0.1) is 0 Å². The first-order valence-corrected chi connectivity index (χ1v) is 11.4. The molecule has 0 unspecified atom stereocenters. The van der Waals surface area contributed by atoms with Crippen molar-refractivity contribution in [2.24, 2.45) is 0 Å². The number of hydrogen-bond donors (Lipinski definition) is 1. The number of halogens is 3. The number of likely N-dealkylation sites (tertiary alicyclic amines) is 1. The smallest absolute Gasteiger partial charge is 0.419 e. The molecular formula is C22H32F3N5O4. The SMILES string of the molecule is C[C@@H](CO[C@@H]1CCN(C2CCN(c3ncc(C(F)(F)F)cn3)CC2)C1=O)NC(=O)OC(C)(C)C. The van der Waals surface area contributed by atoms with E-state index in [0.717, 1.165) is 12.4 Å². The van der Waals surface area contributed by atoms with Crippen LogP contribution < -0.4 is 10.2 Å². The van der Waals surface area contributed by atoms with Crippen LogP contribution in [0.3, 0.4) is 0 Å². The van der Waals surface area contributed by atoms with Gasteiger partial charge in [-0.05, 0) is 40.5 Å². The van der Waals surface area contributed by atoms with E-state index in [1.165, 1.54) is 0 Å². The Bertz CT molecular complexity index is 852. The molecule has 34 heavy (non-hydrogen) atoms. The minimum absolute atomic E-state index is 0.0316. The molecule has 2 atom stereocenters. The zero-order valence-electron chi connectivity index (χ0n) is 19.9. The van der Waals surface area contributed by atoms with Crippen molar-refractivity contribution in [2.75, 3.05) is 31.1 Å². The Morgan fingerprint density at radius 3 is 2.32 bits per heavy atom. The number of hydrogen-bond acceptors (Lipinski definition) is 7. The Morgan fingerprint density at radius 2 is 1.76 bits per heavy atom. The van der Waals surface area contributed by atoms with E-state index in [0.29, 0.717) is 38.9 Å². The molecule has 0 radical (unpaired) electrons. The van der Waals surface area contributed by atoms with Crippen molar-refractivity contribution in [2.45, 2.75) is 76.9 Å². The summed E-state index contributed by atoms with van der Waals surface area (Å²) < 4.78 is 49.1. The normalized spacial score (nSPS) is 21.0. The molecule has 3 rings (SSSR count). The quantitative estimate of drug-likeness (QED) is 0.659. The molecule has 2 aliphatic heterocycles. The lowest BCUT2D eigenvalue weighted by Crippen LogP contribution is -2.47. The van der Waals surface area contributed by atoms with E-state index in [9.17, 15) is 22.8 Å². The Hall–Kier alpha value is -2.63. The molecule has 0 aromatic carbocycles. The number of amides is 2. The molecule has 9 nitrogen and oxygen atoms in total. The molecule has 1 aromatic rings. The topological polar surface area (TPSA) is 96.9 Å². The van der Waals surface area contributed by atoms with Crippen LogP contribution in [0.15, 0.2) is 12.4 Å². The Morgan fingerprint density at radius 1 is 1.15 bits per heavy atom. The number of alkyl carbamates (subject to hydrolysis) is 1. The molecule has 2 fully saturated rings. The highest BCUT2D eigenvalue weighted by Gasteiger charge is 2.38. The van der Waals surface area contributed by atoms with Crippen LogP contribution in [-0.2, 0) is 20.4 Å². The number of nitrogens with zero attached hydrogens (tertiary/aromatic N) is 4. The summed E-state index contributed by atoms with van der Waals surface area (Å²) in [4.78, 5) is 36.1. The van der Waals surface area contributed by atoms with Crippen LogP contribution in [0.25, 0.3) is 0 Å². The van der Waals surface area contributed by atoms with Gasteiger partial charge in [0.15, 0.2) is 0 Å². The molecule has 0 bridgehead atoms. The second-order valence-electron chi connectivity index (χ2n) is 9.68. The summed E-state index contributed by atoms with van der Waals surface area (Å²) in [5, 5.41) is 2.69. The number of alkyl halides is 3. The van der Waals surface area contributed by atoms with Gasteiger partial charge in [0.25, 0.3) is 5.91 Å². The van der Waals surface area contributed by atoms with Crippen molar-refractivity contribution < 1.29 is 32.2 Å². The number of aromatic nitrogens is 2. The molecule has 2 aliphatic rings. The fraction of sp³-hybridized carbons (Fsp3) is 0.727. The molecule has 1 N–H and O–H groups in total. The Kier molecular flexibility index (Phi) is 7.89. The third-order valence-corrected chi connectivity index (χ3v) is 5.65. The van der Waals surface area contributed by atoms with Gasteiger partial charge < -0.3 is 24.6 Å². The first-order chi connectivity index (χ1) is 15.8. The van der Waals surface area contributed by atoms with E-state index < -0.39 is 29.5 Å². The lowest BCUT2D eigenvalue weighted by molar-refractivity contribution is -0.140. The van der Waals surface area contributed by atoms with Crippen molar-refractivity contribution in [3.63, 3.8) is 0 Å². The van der Waals surface area contributed by atoms with E-state index in [1.54, 1.807) is 27.7 Å². The molecule has 0 spiro atoms. The summed E-state index contributed by atoms with van der Waals surface area (Å²) in [6.07, 6.45) is -2.08. The monoisotopic (exact) mass is 487 g/mol. The maximum absolute atomic E-state index is 12.9. The molecule has 3 heterocycles. The van der Waals surface area contributed by atoms with Crippen LogP contribution in [0.2, 0.25) is 0 Å². The fourth-order valence-electron chi connectivity index (χ4n) is 4.01. The van der Waals surface area contributed by atoms with Crippen LogP contribution in [0.4, 0.5) is 23.9 Å². The first kappa shape index (κ1) is 26.0. The Balaban J connectivity index is 1.43. The summed E-state index contributed by atoms with van der Waals surface area (Å²) in [6, 6.07) is -0.284. The highest BCUT2D eigenvalue weighted by molar-refractivity contribution is 5.83. The van der Waals surface area contributed by atoms with Crippen LogP contribution >= 0.6 is 0 Å². The summed E-state index contributed by atoms with van der Waals surface area (Å²) in [7, 11) is 0. The average Bonchev–Trinajstić information content (AvgIpc) is 3.11. The van der Waals surface area contributed by atoms with Gasteiger partial charge in [-0.2, -0.15) is 13.2 Å². The molecule has 2 amide bonds. The van der Waals surface area contributed by atoms with E-state index in [4.69, 9.17) is 9.47 Å². The molecule has 190 valence electrons. The Labute approximate surface area is 197 Å². The maximum Gasteiger partial charge on any atom is 0.419 e. The lowest BCUT2D eigenvalue weighted by atomic mass is 10.0. The highest BCUT2D eigenvalue weighted by Crippen LogP contribution is 2.29. The largest absolute Gasteiger partial charge is 0.444 e. The molecular weight excluding hydrogens is 455 g/mol. The van der Waals surface area contributed by atoms with Gasteiger partial charge in [0, 0.05) is 44.5 Å². The number of piperidine rings is 1. The predicted octanol–water partition coefficient (Wildman–Crippen LogP) is 2.99. The summed E-state index contributed by atoms with van der Waals surface area (Å²) in [5.41, 5.74) is -1.48. The van der Waals surface area contributed by atoms with Gasteiger partial charge in [-0.3, -0.25) is 4.79 Å². The van der Waals surface area contributed by atoms with E-state index in [2.05, 4.69) is 15.3 Å². The highest BCUT2D eigenvalue weighted by atomic mass is 19.4.